The molecule has 0 bridgehead atoms. The van der Waals surface area contributed by atoms with Crippen LogP contribution in [0.5, 0.6) is 0 Å². The van der Waals surface area contributed by atoms with E-state index in [9.17, 15) is 18.0 Å². The largest absolute Gasteiger partial charge is 0.469 e. The summed E-state index contributed by atoms with van der Waals surface area (Å²) in [6.07, 6.45) is 2.32. The van der Waals surface area contributed by atoms with E-state index in [0.717, 1.165) is 12.5 Å². The SMILES string of the molecule is C.C.C.CC(C)=O.COC(C)=O.CS(C)(=O)=O. The second-order valence-corrected chi connectivity index (χ2v) is 5.03. The highest BCUT2D eigenvalue weighted by Crippen LogP contribution is 1.62. The number of Topliss-reactive ketones (excluding diaryl/α,β-unsaturated/α-hetero) is 1. The molecule has 5 nitrogen and oxygen atoms in total. The van der Waals surface area contributed by atoms with Crippen LogP contribution < -0.4 is 0 Å². The summed E-state index contributed by atoms with van der Waals surface area (Å²) in [4.78, 5) is 19.0. The van der Waals surface area contributed by atoms with E-state index in [2.05, 4.69) is 4.74 Å². The second kappa shape index (κ2) is 20.5. The molecule has 0 fully saturated rings. The molecule has 0 unspecified atom stereocenters. The number of esters is 1. The predicted molar refractivity (Wildman–Crippen MR) is 75.0 cm³/mol. The Morgan fingerprint density at radius 2 is 0.941 bits per heavy atom. The zero-order chi connectivity index (χ0) is 12.4. The predicted octanol–water partition coefficient (Wildman–Crippen LogP) is 2.34. The molecular weight excluding hydrogens is 244 g/mol. The van der Waals surface area contributed by atoms with Crippen LogP contribution in [-0.4, -0.2) is 39.8 Å². The number of carbonyl (C=O) groups excluding carboxylic acids is 2. The van der Waals surface area contributed by atoms with Crippen molar-refractivity contribution in [3.63, 3.8) is 0 Å². The molecule has 0 aliphatic heterocycles. The molecule has 0 saturated heterocycles. The highest BCUT2D eigenvalue weighted by molar-refractivity contribution is 7.89. The van der Waals surface area contributed by atoms with Crippen molar-refractivity contribution in [1.82, 2.24) is 0 Å². The summed E-state index contributed by atoms with van der Waals surface area (Å²) in [5, 5.41) is 0. The molecule has 0 atom stereocenters. The molecule has 17 heavy (non-hydrogen) atoms. The quantitative estimate of drug-likeness (QED) is 0.634. The smallest absolute Gasteiger partial charge is 0.302 e. The summed E-state index contributed by atoms with van der Waals surface area (Å²) in [5.74, 6) is -0.0787. The third kappa shape index (κ3) is 2180. The average molecular weight is 274 g/mol. The van der Waals surface area contributed by atoms with Crippen molar-refractivity contribution in [3.05, 3.63) is 0 Å². The maximum absolute atomic E-state index is 9.63. The van der Waals surface area contributed by atoms with Gasteiger partial charge in [-0.15, -0.1) is 0 Å². The van der Waals surface area contributed by atoms with Crippen LogP contribution in [-0.2, 0) is 24.2 Å². The zero-order valence-corrected chi connectivity index (χ0v) is 10.3. The van der Waals surface area contributed by atoms with Gasteiger partial charge >= 0.3 is 5.97 Å². The Morgan fingerprint density at radius 3 is 0.941 bits per heavy atom. The molecule has 0 N–H and O–H groups in total. The fourth-order valence-electron chi connectivity index (χ4n) is 0. The van der Waals surface area contributed by atoms with Crippen LogP contribution in [0.1, 0.15) is 43.1 Å². The van der Waals surface area contributed by atoms with E-state index in [1.165, 1.54) is 27.9 Å². The van der Waals surface area contributed by atoms with E-state index in [0.29, 0.717) is 0 Å². The van der Waals surface area contributed by atoms with E-state index < -0.39 is 9.84 Å². The van der Waals surface area contributed by atoms with Crippen molar-refractivity contribution >= 4 is 21.6 Å². The second-order valence-electron chi connectivity index (χ2n) is 2.75. The van der Waals surface area contributed by atoms with Crippen LogP contribution in [0.15, 0.2) is 0 Å². The van der Waals surface area contributed by atoms with Crippen LogP contribution in [0.3, 0.4) is 0 Å². The van der Waals surface area contributed by atoms with Crippen molar-refractivity contribution < 1.29 is 22.7 Å². The van der Waals surface area contributed by atoms with Gasteiger partial charge in [0.05, 0.1) is 7.11 Å². The first-order valence-electron chi connectivity index (χ1n) is 3.67. The first-order valence-corrected chi connectivity index (χ1v) is 5.97. The summed E-state index contributed by atoms with van der Waals surface area (Å²) in [5.41, 5.74) is 0. The minimum Gasteiger partial charge on any atom is -0.469 e. The van der Waals surface area contributed by atoms with Gasteiger partial charge in [-0.2, -0.15) is 0 Å². The van der Waals surface area contributed by atoms with Gasteiger partial charge < -0.3 is 9.53 Å². The number of carbonyl (C=O) groups is 2. The lowest BCUT2D eigenvalue weighted by molar-refractivity contribution is -0.137. The molecule has 0 saturated carbocycles. The third-order valence-electron chi connectivity index (χ3n) is 0.287. The van der Waals surface area contributed by atoms with Gasteiger partial charge in [-0.1, -0.05) is 22.3 Å². The van der Waals surface area contributed by atoms with Crippen LogP contribution in [0.4, 0.5) is 0 Å². The number of sulfone groups is 1. The maximum atomic E-state index is 9.63. The molecule has 0 amide bonds. The van der Waals surface area contributed by atoms with Crippen molar-refractivity contribution in [2.24, 2.45) is 0 Å². The Balaban J connectivity index is -0.0000000247. The van der Waals surface area contributed by atoms with Crippen molar-refractivity contribution in [2.45, 2.75) is 43.1 Å². The average Bonchev–Trinajstić information content (AvgIpc) is 1.82. The molecule has 0 radical (unpaired) electrons. The molecular formula is C11H30O5S. The van der Waals surface area contributed by atoms with Gasteiger partial charge in [0, 0.05) is 19.4 Å². The fourth-order valence-corrected chi connectivity index (χ4v) is 0. The molecule has 110 valence electrons. The zero-order valence-electron chi connectivity index (χ0n) is 9.45. The van der Waals surface area contributed by atoms with Crippen LogP contribution in [0, 0.1) is 0 Å². The summed E-state index contributed by atoms with van der Waals surface area (Å²) in [7, 11) is -1.32. The summed E-state index contributed by atoms with van der Waals surface area (Å²) in [6, 6.07) is 0. The van der Waals surface area contributed by atoms with Gasteiger partial charge in [-0.05, 0) is 13.8 Å². The number of hydrogen-bond donors (Lipinski definition) is 0. The molecule has 0 aliphatic rings. The lowest BCUT2D eigenvalue weighted by atomic mass is 10.6. The lowest BCUT2D eigenvalue weighted by Crippen LogP contribution is -1.88. The maximum Gasteiger partial charge on any atom is 0.302 e. The van der Waals surface area contributed by atoms with E-state index in [1.54, 1.807) is 0 Å². The lowest BCUT2D eigenvalue weighted by Gasteiger charge is -1.80. The molecule has 0 rings (SSSR count). The minimum atomic E-state index is -2.67. The highest BCUT2D eigenvalue weighted by Gasteiger charge is 1.79. The molecule has 0 aromatic rings. The standard InChI is InChI=1S/C3H6O2.C3H6O.C2H6O2S.3CH4/c1-3(4)5-2;1-3(2)4;1-5(2,3)4;;;/h1-2H3;1-2H3;1-2H3;3*1H4. The van der Waals surface area contributed by atoms with Gasteiger partial charge in [0.15, 0.2) is 0 Å². The number of ether oxygens (including phenoxy) is 1. The molecule has 0 aromatic heterocycles. The number of hydrogen-bond acceptors (Lipinski definition) is 5. The van der Waals surface area contributed by atoms with E-state index in [4.69, 9.17) is 0 Å². The topological polar surface area (TPSA) is 77.5 Å². The highest BCUT2D eigenvalue weighted by atomic mass is 32.2. The van der Waals surface area contributed by atoms with E-state index in [-0.39, 0.29) is 34.0 Å². The first kappa shape index (κ1) is 36.0. The van der Waals surface area contributed by atoms with Gasteiger partial charge in [-0.25, -0.2) is 8.42 Å². The summed E-state index contributed by atoms with van der Waals surface area (Å²) >= 11 is 0. The fraction of sp³-hybridized carbons (Fsp3) is 0.818. The van der Waals surface area contributed by atoms with Gasteiger partial charge in [-0.3, -0.25) is 4.79 Å². The van der Waals surface area contributed by atoms with E-state index >= 15 is 0 Å². The molecule has 0 spiro atoms. The Bertz CT molecular complexity index is 243. The van der Waals surface area contributed by atoms with Crippen LogP contribution in [0.25, 0.3) is 0 Å². The Hall–Kier alpha value is -0.910. The first-order chi connectivity index (χ1) is 6.00. The minimum absolute atomic E-state index is 0. The molecule has 0 aliphatic carbocycles. The molecule has 0 heterocycles. The van der Waals surface area contributed by atoms with Gasteiger partial charge in [0.1, 0.15) is 15.6 Å². The van der Waals surface area contributed by atoms with Crippen molar-refractivity contribution in [3.8, 4) is 0 Å². The number of methoxy groups -OCH3 is 1. The van der Waals surface area contributed by atoms with Crippen molar-refractivity contribution in [1.29, 1.82) is 0 Å². The van der Waals surface area contributed by atoms with Crippen LogP contribution >= 0.6 is 0 Å². The summed E-state index contributed by atoms with van der Waals surface area (Å²) < 4.78 is 23.4. The summed E-state index contributed by atoms with van der Waals surface area (Å²) in [6.45, 7) is 4.42. The molecule has 0 aromatic carbocycles. The third-order valence-corrected chi connectivity index (χ3v) is 0.287. The Kier molecular flexibility index (Phi) is 43.4. The van der Waals surface area contributed by atoms with Gasteiger partial charge in [0.2, 0.25) is 0 Å². The van der Waals surface area contributed by atoms with Crippen molar-refractivity contribution in [2.75, 3.05) is 19.6 Å². The van der Waals surface area contributed by atoms with Gasteiger partial charge in [0.25, 0.3) is 0 Å². The van der Waals surface area contributed by atoms with E-state index in [1.807, 2.05) is 0 Å². The normalized spacial score (nSPS) is 6.94. The Labute approximate surface area is 107 Å². The number of ketones is 1. The number of rotatable bonds is 0. The monoisotopic (exact) mass is 274 g/mol. The van der Waals surface area contributed by atoms with Crippen LogP contribution in [0.2, 0.25) is 0 Å². The Morgan fingerprint density at radius 1 is 0.882 bits per heavy atom. The molecule has 6 heteroatoms.